The summed E-state index contributed by atoms with van der Waals surface area (Å²) in [6.45, 7) is 2.40. The van der Waals surface area contributed by atoms with E-state index in [4.69, 9.17) is 5.11 Å². The summed E-state index contributed by atoms with van der Waals surface area (Å²) in [6.07, 6.45) is 6.12. The first-order chi connectivity index (χ1) is 14.9. The van der Waals surface area contributed by atoms with E-state index < -0.39 is 12.2 Å². The number of anilines is 1. The molecular weight excluding hydrogens is 402 g/mol. The third-order valence-corrected chi connectivity index (χ3v) is 6.70. The van der Waals surface area contributed by atoms with Crippen LogP contribution in [0.3, 0.4) is 0 Å². The van der Waals surface area contributed by atoms with Gasteiger partial charge in [0, 0.05) is 50.1 Å². The number of hydrogen-bond acceptors (Lipinski definition) is 7. The second-order valence-electron chi connectivity index (χ2n) is 8.67. The molecule has 3 N–H and O–H groups in total. The van der Waals surface area contributed by atoms with Gasteiger partial charge in [0.1, 0.15) is 6.23 Å². The minimum atomic E-state index is -0.781. The Morgan fingerprint density at radius 1 is 0.935 bits per heavy atom. The molecular formula is C21H29N5O5. The number of carboxylic acid groups (broad SMARTS) is 1. The first-order valence-corrected chi connectivity index (χ1v) is 11.0. The molecule has 0 aliphatic carbocycles. The maximum absolute atomic E-state index is 12.8. The average Bonchev–Trinajstić information content (AvgIpc) is 2.79. The average molecular weight is 431 g/mol. The van der Waals surface area contributed by atoms with Crippen molar-refractivity contribution < 1.29 is 24.6 Å². The van der Waals surface area contributed by atoms with Gasteiger partial charge in [0.15, 0.2) is 0 Å². The molecule has 3 aliphatic rings. The number of carboxylic acids is 1. The monoisotopic (exact) mass is 431 g/mol. The zero-order valence-electron chi connectivity index (χ0n) is 17.4. The van der Waals surface area contributed by atoms with E-state index in [9.17, 15) is 19.5 Å². The number of nitrogens with one attached hydrogen (secondary N) is 1. The standard InChI is InChI=1S/C21H29N5O5/c27-17-2-1-16(18(28)24-17)15-11-22-21(23-12-15)26-9-3-13(4-10-26)19(29)25-7-5-14(6-8-25)20(30)31/h11-14,16-17,27H,1-10H2,(H,24,28)(H,30,31). The van der Waals surface area contributed by atoms with E-state index >= 15 is 0 Å². The smallest absolute Gasteiger partial charge is 0.306 e. The number of amides is 2. The largest absolute Gasteiger partial charge is 0.481 e. The molecule has 0 bridgehead atoms. The number of carbonyl (C=O) groups is 3. The van der Waals surface area contributed by atoms with E-state index in [2.05, 4.69) is 20.2 Å². The number of likely N-dealkylation sites (tertiary alicyclic amines) is 1. The molecule has 31 heavy (non-hydrogen) atoms. The number of hydrogen-bond donors (Lipinski definition) is 3. The number of aliphatic hydroxyl groups excluding tert-OH is 1. The Morgan fingerprint density at radius 3 is 2.13 bits per heavy atom. The van der Waals surface area contributed by atoms with Gasteiger partial charge in [-0.1, -0.05) is 0 Å². The molecule has 1 aromatic rings. The molecule has 10 nitrogen and oxygen atoms in total. The Labute approximate surface area is 180 Å². The maximum Gasteiger partial charge on any atom is 0.306 e. The number of aliphatic carboxylic acids is 1. The fourth-order valence-electron chi connectivity index (χ4n) is 4.72. The number of nitrogens with zero attached hydrogens (tertiary/aromatic N) is 4. The van der Waals surface area contributed by atoms with E-state index in [1.807, 2.05) is 4.90 Å². The van der Waals surface area contributed by atoms with Crippen molar-refractivity contribution in [2.24, 2.45) is 11.8 Å². The van der Waals surface area contributed by atoms with Crippen molar-refractivity contribution in [3.8, 4) is 0 Å². The highest BCUT2D eigenvalue weighted by Gasteiger charge is 2.33. The van der Waals surface area contributed by atoms with Crippen molar-refractivity contribution in [3.63, 3.8) is 0 Å². The Balaban J connectivity index is 1.28. The lowest BCUT2D eigenvalue weighted by Gasteiger charge is -2.36. The van der Waals surface area contributed by atoms with Gasteiger partial charge in [0.05, 0.1) is 11.8 Å². The van der Waals surface area contributed by atoms with E-state index in [0.717, 1.165) is 5.56 Å². The molecule has 0 aromatic carbocycles. The number of carbonyl (C=O) groups excluding carboxylic acids is 2. The predicted octanol–water partition coefficient (Wildman–Crippen LogP) is 0.328. The van der Waals surface area contributed by atoms with Crippen LogP contribution in [0.4, 0.5) is 5.95 Å². The normalized spacial score (nSPS) is 25.9. The van der Waals surface area contributed by atoms with Crippen LogP contribution in [0.25, 0.3) is 0 Å². The van der Waals surface area contributed by atoms with Crippen LogP contribution in [0.5, 0.6) is 0 Å². The molecule has 168 valence electrons. The van der Waals surface area contributed by atoms with Crippen LogP contribution in [0.15, 0.2) is 12.4 Å². The van der Waals surface area contributed by atoms with Gasteiger partial charge in [-0.05, 0) is 38.5 Å². The van der Waals surface area contributed by atoms with Gasteiger partial charge in [0.25, 0.3) is 0 Å². The van der Waals surface area contributed by atoms with Gasteiger partial charge in [0.2, 0.25) is 17.8 Å². The Kier molecular flexibility index (Phi) is 6.35. The molecule has 10 heteroatoms. The molecule has 3 aliphatic heterocycles. The Hall–Kier alpha value is -2.75. The first-order valence-electron chi connectivity index (χ1n) is 11.0. The molecule has 4 heterocycles. The highest BCUT2D eigenvalue weighted by Crippen LogP contribution is 2.28. The molecule has 2 unspecified atom stereocenters. The summed E-state index contributed by atoms with van der Waals surface area (Å²) in [6, 6.07) is 0. The summed E-state index contributed by atoms with van der Waals surface area (Å²) in [5, 5.41) is 21.2. The summed E-state index contributed by atoms with van der Waals surface area (Å²) in [5.41, 5.74) is 0.739. The van der Waals surface area contributed by atoms with Crippen LogP contribution in [-0.4, -0.2) is 75.3 Å². The van der Waals surface area contributed by atoms with Crippen molar-refractivity contribution in [2.45, 2.75) is 50.7 Å². The van der Waals surface area contributed by atoms with Crippen LogP contribution in [0, 0.1) is 11.8 Å². The molecule has 3 saturated heterocycles. The van der Waals surface area contributed by atoms with Crippen LogP contribution in [-0.2, 0) is 14.4 Å². The van der Waals surface area contributed by atoms with Crippen molar-refractivity contribution in [2.75, 3.05) is 31.1 Å². The number of piperidine rings is 3. The third kappa shape index (κ3) is 4.79. The highest BCUT2D eigenvalue weighted by molar-refractivity contribution is 5.84. The van der Waals surface area contributed by atoms with Crippen LogP contribution in [0.1, 0.15) is 50.0 Å². The van der Waals surface area contributed by atoms with Crippen molar-refractivity contribution in [3.05, 3.63) is 18.0 Å². The van der Waals surface area contributed by atoms with Gasteiger partial charge in [-0.2, -0.15) is 0 Å². The van der Waals surface area contributed by atoms with Crippen LogP contribution >= 0.6 is 0 Å². The summed E-state index contributed by atoms with van der Waals surface area (Å²) in [7, 11) is 0. The van der Waals surface area contributed by atoms with Gasteiger partial charge >= 0.3 is 5.97 Å². The Morgan fingerprint density at radius 2 is 1.55 bits per heavy atom. The SMILES string of the molecule is O=C(O)C1CCN(C(=O)C2CCN(c3ncc(C4CCC(O)NC4=O)cn3)CC2)CC1. The quantitative estimate of drug-likeness (QED) is 0.620. The second kappa shape index (κ2) is 9.17. The fraction of sp³-hybridized carbons (Fsp3) is 0.667. The minimum Gasteiger partial charge on any atom is -0.481 e. The molecule has 0 spiro atoms. The van der Waals surface area contributed by atoms with Crippen LogP contribution < -0.4 is 10.2 Å². The lowest BCUT2D eigenvalue weighted by Crippen LogP contribution is -2.46. The summed E-state index contributed by atoms with van der Waals surface area (Å²) in [4.78, 5) is 48.7. The van der Waals surface area contributed by atoms with Gasteiger partial charge < -0.3 is 25.3 Å². The Bertz CT molecular complexity index is 816. The highest BCUT2D eigenvalue weighted by atomic mass is 16.4. The van der Waals surface area contributed by atoms with E-state index in [-0.39, 0.29) is 29.6 Å². The summed E-state index contributed by atoms with van der Waals surface area (Å²) in [5.74, 6) is -0.982. The lowest BCUT2D eigenvalue weighted by atomic mass is 9.92. The fourth-order valence-corrected chi connectivity index (χ4v) is 4.72. The minimum absolute atomic E-state index is 0.0470. The topological polar surface area (TPSA) is 136 Å². The second-order valence-corrected chi connectivity index (χ2v) is 8.67. The van der Waals surface area contributed by atoms with Gasteiger partial charge in [-0.3, -0.25) is 14.4 Å². The molecule has 3 fully saturated rings. The predicted molar refractivity (Wildman–Crippen MR) is 110 cm³/mol. The first kappa shape index (κ1) is 21.5. The van der Waals surface area contributed by atoms with E-state index in [1.165, 1.54) is 0 Å². The zero-order valence-corrected chi connectivity index (χ0v) is 17.4. The molecule has 0 radical (unpaired) electrons. The number of rotatable bonds is 4. The van der Waals surface area contributed by atoms with E-state index in [1.54, 1.807) is 12.4 Å². The van der Waals surface area contributed by atoms with Crippen molar-refractivity contribution in [1.29, 1.82) is 0 Å². The summed E-state index contributed by atoms with van der Waals surface area (Å²) < 4.78 is 0. The van der Waals surface area contributed by atoms with Crippen molar-refractivity contribution in [1.82, 2.24) is 20.2 Å². The molecule has 0 saturated carbocycles. The third-order valence-electron chi connectivity index (χ3n) is 6.70. The van der Waals surface area contributed by atoms with Crippen molar-refractivity contribution >= 4 is 23.7 Å². The molecule has 1 aromatic heterocycles. The molecule has 4 rings (SSSR count). The number of aliphatic hydroxyl groups is 1. The lowest BCUT2D eigenvalue weighted by molar-refractivity contribution is -0.147. The molecule has 2 atom stereocenters. The van der Waals surface area contributed by atoms with Crippen LogP contribution in [0.2, 0.25) is 0 Å². The maximum atomic E-state index is 12.8. The zero-order chi connectivity index (χ0) is 22.0. The summed E-state index contributed by atoms with van der Waals surface area (Å²) >= 11 is 0. The van der Waals surface area contributed by atoms with Gasteiger partial charge in [-0.15, -0.1) is 0 Å². The number of aromatic nitrogens is 2. The van der Waals surface area contributed by atoms with E-state index in [0.29, 0.717) is 70.7 Å². The molecule has 2 amide bonds. The van der Waals surface area contributed by atoms with Gasteiger partial charge in [-0.25, -0.2) is 9.97 Å².